The van der Waals surface area contributed by atoms with E-state index in [4.69, 9.17) is 9.26 Å². The van der Waals surface area contributed by atoms with E-state index in [1.807, 2.05) is 42.3 Å². The highest BCUT2D eigenvalue weighted by Gasteiger charge is 2.29. The minimum absolute atomic E-state index is 0.102. The molecule has 4 aromatic rings. The van der Waals surface area contributed by atoms with Gasteiger partial charge in [-0.05, 0) is 30.2 Å². The summed E-state index contributed by atoms with van der Waals surface area (Å²) in [6.07, 6.45) is 4.51. The van der Waals surface area contributed by atoms with Crippen LogP contribution in [-0.4, -0.2) is 50.2 Å². The molecule has 1 saturated heterocycles. The Morgan fingerprint density at radius 3 is 2.94 bits per heavy atom. The number of carbonyl (C=O) groups excluding carboxylic acids is 1. The molecule has 1 aliphatic heterocycles. The van der Waals surface area contributed by atoms with Crippen molar-refractivity contribution in [2.75, 3.05) is 19.7 Å². The zero-order valence-electron chi connectivity index (χ0n) is 17.3. The maximum Gasteiger partial charge on any atom is 0.257 e. The van der Waals surface area contributed by atoms with Gasteiger partial charge in [0.15, 0.2) is 6.10 Å². The van der Waals surface area contributed by atoms with Gasteiger partial charge in [0.25, 0.3) is 5.89 Å². The van der Waals surface area contributed by atoms with E-state index < -0.39 is 6.10 Å². The number of aryl methyl sites for hydroxylation is 2. The highest BCUT2D eigenvalue weighted by molar-refractivity contribution is 5.85. The Morgan fingerprint density at radius 1 is 1.19 bits per heavy atom. The zero-order valence-corrected chi connectivity index (χ0v) is 17.3. The third kappa shape index (κ3) is 3.94. The number of hydrogen-bond donors (Lipinski definition) is 0. The predicted molar refractivity (Wildman–Crippen MR) is 114 cm³/mol. The van der Waals surface area contributed by atoms with Crippen molar-refractivity contribution in [3.63, 3.8) is 0 Å². The molecule has 4 heterocycles. The number of fused-ring (bicyclic) bond motifs is 1. The molecule has 0 spiro atoms. The lowest BCUT2D eigenvalue weighted by molar-refractivity contribution is -0.140. The number of pyridine rings is 1. The van der Waals surface area contributed by atoms with E-state index >= 15 is 0 Å². The summed E-state index contributed by atoms with van der Waals surface area (Å²) < 4.78 is 13.3. The average molecular weight is 417 g/mol. The molecule has 1 fully saturated rings. The van der Waals surface area contributed by atoms with E-state index in [9.17, 15) is 4.79 Å². The Balaban J connectivity index is 1.24. The second-order valence-corrected chi connectivity index (χ2v) is 7.65. The van der Waals surface area contributed by atoms with Gasteiger partial charge >= 0.3 is 0 Å². The van der Waals surface area contributed by atoms with Crippen LogP contribution in [0.5, 0.6) is 0 Å². The molecule has 3 aromatic heterocycles. The number of carbonyl (C=O) groups is 1. The van der Waals surface area contributed by atoms with Crippen molar-refractivity contribution >= 4 is 16.8 Å². The van der Waals surface area contributed by atoms with Crippen molar-refractivity contribution in [1.29, 1.82) is 0 Å². The lowest BCUT2D eigenvalue weighted by Crippen LogP contribution is -2.42. The molecule has 8 nitrogen and oxygen atoms in total. The van der Waals surface area contributed by atoms with E-state index in [1.54, 1.807) is 6.20 Å². The molecule has 8 heteroatoms. The monoisotopic (exact) mass is 417 g/mol. The second kappa shape index (κ2) is 8.31. The molecule has 1 aliphatic rings. The summed E-state index contributed by atoms with van der Waals surface area (Å²) in [7, 11) is 2.03. The van der Waals surface area contributed by atoms with Crippen molar-refractivity contribution in [3.05, 3.63) is 66.3 Å². The molecular weight excluding hydrogens is 394 g/mol. The Kier molecular flexibility index (Phi) is 5.21. The SMILES string of the molecule is Cn1cc(CCC(=O)N2CCO[C@H](c3nc(-c4ccccn4)no3)C2)c2ccccc21. The summed E-state index contributed by atoms with van der Waals surface area (Å²) in [5, 5.41) is 5.20. The summed E-state index contributed by atoms with van der Waals surface area (Å²) in [6, 6.07) is 13.8. The number of morpholine rings is 1. The van der Waals surface area contributed by atoms with E-state index in [-0.39, 0.29) is 5.91 Å². The fourth-order valence-electron chi connectivity index (χ4n) is 4.01. The molecule has 1 atom stereocenters. The highest BCUT2D eigenvalue weighted by atomic mass is 16.5. The molecule has 0 unspecified atom stereocenters. The minimum atomic E-state index is -0.430. The molecule has 5 rings (SSSR count). The van der Waals surface area contributed by atoms with Crippen molar-refractivity contribution < 1.29 is 14.1 Å². The smallest absolute Gasteiger partial charge is 0.257 e. The van der Waals surface area contributed by atoms with Gasteiger partial charge in [-0.25, -0.2) is 0 Å². The maximum atomic E-state index is 12.9. The molecule has 1 aromatic carbocycles. The quantitative estimate of drug-likeness (QED) is 0.496. The van der Waals surface area contributed by atoms with Crippen molar-refractivity contribution in [2.24, 2.45) is 7.05 Å². The molecule has 31 heavy (non-hydrogen) atoms. The molecule has 0 aliphatic carbocycles. The van der Waals surface area contributed by atoms with Crippen LogP contribution in [-0.2, 0) is 23.0 Å². The Bertz CT molecular complexity index is 1200. The fourth-order valence-corrected chi connectivity index (χ4v) is 4.01. The van der Waals surface area contributed by atoms with E-state index in [0.717, 1.165) is 0 Å². The number of nitrogens with zero attached hydrogens (tertiary/aromatic N) is 5. The van der Waals surface area contributed by atoms with Crippen LogP contribution < -0.4 is 0 Å². The van der Waals surface area contributed by atoms with Crippen LogP contribution in [0.1, 0.15) is 24.0 Å². The van der Waals surface area contributed by atoms with Gasteiger partial charge in [0.05, 0.1) is 13.2 Å². The standard InChI is InChI=1S/C23H23N5O3/c1-27-14-16(17-6-2-3-8-19(17)27)9-10-21(29)28-12-13-30-20(15-28)23-25-22(26-31-23)18-7-4-5-11-24-18/h2-8,11,14,20H,9-10,12-13,15H2,1H3/t20-/m0/s1. The van der Waals surface area contributed by atoms with Gasteiger partial charge < -0.3 is 18.7 Å². The Hall–Kier alpha value is -3.52. The number of ether oxygens (including phenoxy) is 1. The summed E-state index contributed by atoms with van der Waals surface area (Å²) >= 11 is 0. The van der Waals surface area contributed by atoms with Crippen LogP contribution in [0.3, 0.4) is 0 Å². The first-order chi connectivity index (χ1) is 15.2. The number of benzene rings is 1. The van der Waals surface area contributed by atoms with Crippen LogP contribution in [0.2, 0.25) is 0 Å². The number of hydrogen-bond acceptors (Lipinski definition) is 6. The number of aromatic nitrogens is 4. The van der Waals surface area contributed by atoms with Gasteiger partial charge in [-0.1, -0.05) is 29.4 Å². The summed E-state index contributed by atoms with van der Waals surface area (Å²) in [6.45, 7) is 1.40. The first kappa shape index (κ1) is 19.4. The van der Waals surface area contributed by atoms with Crippen LogP contribution >= 0.6 is 0 Å². The van der Waals surface area contributed by atoms with E-state index in [1.165, 1.54) is 16.5 Å². The first-order valence-electron chi connectivity index (χ1n) is 10.4. The topological polar surface area (TPSA) is 86.3 Å². The lowest BCUT2D eigenvalue weighted by Gasteiger charge is -2.31. The van der Waals surface area contributed by atoms with E-state index in [0.29, 0.717) is 49.9 Å². The molecule has 0 saturated carbocycles. The molecule has 0 N–H and O–H groups in total. The number of amides is 1. The third-order valence-corrected chi connectivity index (χ3v) is 5.62. The van der Waals surface area contributed by atoms with E-state index in [2.05, 4.69) is 38.0 Å². The average Bonchev–Trinajstić information content (AvgIpc) is 3.44. The molecule has 0 bridgehead atoms. The van der Waals surface area contributed by atoms with Crippen molar-refractivity contribution in [1.82, 2.24) is 24.6 Å². The zero-order chi connectivity index (χ0) is 21.2. The van der Waals surface area contributed by atoms with Gasteiger partial charge in [-0.3, -0.25) is 9.78 Å². The van der Waals surface area contributed by atoms with Crippen LogP contribution in [0, 0.1) is 0 Å². The van der Waals surface area contributed by atoms with Crippen molar-refractivity contribution in [3.8, 4) is 11.5 Å². The van der Waals surface area contributed by atoms with Gasteiger partial charge in [-0.2, -0.15) is 4.98 Å². The lowest BCUT2D eigenvalue weighted by atomic mass is 10.1. The third-order valence-electron chi connectivity index (χ3n) is 5.62. The first-order valence-corrected chi connectivity index (χ1v) is 10.4. The van der Waals surface area contributed by atoms with Crippen LogP contribution in [0.25, 0.3) is 22.4 Å². The summed E-state index contributed by atoms with van der Waals surface area (Å²) in [5.41, 5.74) is 3.00. The Labute approximate surface area is 179 Å². The number of para-hydroxylation sites is 1. The van der Waals surface area contributed by atoms with Crippen molar-refractivity contribution in [2.45, 2.75) is 18.9 Å². The van der Waals surface area contributed by atoms with Gasteiger partial charge in [0.2, 0.25) is 11.7 Å². The fraction of sp³-hybridized carbons (Fsp3) is 0.304. The van der Waals surface area contributed by atoms with Gasteiger partial charge in [0.1, 0.15) is 5.69 Å². The summed E-state index contributed by atoms with van der Waals surface area (Å²) in [4.78, 5) is 23.4. The second-order valence-electron chi connectivity index (χ2n) is 7.65. The summed E-state index contributed by atoms with van der Waals surface area (Å²) in [5.74, 6) is 0.886. The molecule has 1 amide bonds. The van der Waals surface area contributed by atoms with Gasteiger partial charge in [0, 0.05) is 43.3 Å². The van der Waals surface area contributed by atoms with Crippen LogP contribution in [0.4, 0.5) is 0 Å². The predicted octanol–water partition coefficient (Wildman–Crippen LogP) is 3.16. The highest BCUT2D eigenvalue weighted by Crippen LogP contribution is 2.25. The Morgan fingerprint density at radius 2 is 2.06 bits per heavy atom. The number of rotatable bonds is 5. The van der Waals surface area contributed by atoms with Crippen LogP contribution in [0.15, 0.2) is 59.4 Å². The largest absolute Gasteiger partial charge is 0.365 e. The maximum absolute atomic E-state index is 12.9. The normalized spacial score (nSPS) is 16.7. The van der Waals surface area contributed by atoms with Gasteiger partial charge in [-0.15, -0.1) is 0 Å². The molecular formula is C23H23N5O3. The minimum Gasteiger partial charge on any atom is -0.365 e. The molecule has 0 radical (unpaired) electrons. The molecule has 158 valence electrons.